The number of nitrogens with one attached hydrogen (secondary N) is 1. The molecule has 2 unspecified atom stereocenters. The zero-order chi connectivity index (χ0) is 10.3. The van der Waals surface area contributed by atoms with Gasteiger partial charge in [-0.25, -0.2) is 0 Å². The molecular weight excluding hydrogens is 206 g/mol. The molecule has 1 fully saturated rings. The number of rotatable bonds is 0. The van der Waals surface area contributed by atoms with Gasteiger partial charge in [-0.1, -0.05) is 0 Å². The van der Waals surface area contributed by atoms with E-state index in [4.69, 9.17) is 4.74 Å². The summed E-state index contributed by atoms with van der Waals surface area (Å²) in [7, 11) is 0. The third-order valence-corrected chi connectivity index (χ3v) is 4.77. The number of thiophene rings is 1. The summed E-state index contributed by atoms with van der Waals surface area (Å²) in [5.41, 5.74) is 1.80. The van der Waals surface area contributed by atoms with Crippen molar-refractivity contribution in [3.05, 3.63) is 21.9 Å². The van der Waals surface area contributed by atoms with Crippen LogP contribution in [0.15, 0.2) is 11.4 Å². The summed E-state index contributed by atoms with van der Waals surface area (Å²) in [5.74, 6) is 0. The van der Waals surface area contributed by atoms with Crippen molar-refractivity contribution in [2.45, 2.75) is 37.8 Å². The molecule has 2 nitrogen and oxygen atoms in total. The summed E-state index contributed by atoms with van der Waals surface area (Å²) in [6.45, 7) is 4.20. The van der Waals surface area contributed by atoms with Crippen LogP contribution >= 0.6 is 11.3 Å². The van der Waals surface area contributed by atoms with Gasteiger partial charge in [0.2, 0.25) is 0 Å². The molecule has 3 heterocycles. The lowest BCUT2D eigenvalue weighted by molar-refractivity contribution is -0.0212. The van der Waals surface area contributed by atoms with Gasteiger partial charge in [-0.3, -0.25) is 0 Å². The van der Waals surface area contributed by atoms with Crippen molar-refractivity contribution in [1.29, 1.82) is 0 Å². The van der Waals surface area contributed by atoms with Crippen LogP contribution in [0.1, 0.15) is 30.2 Å². The minimum atomic E-state index is 0.236. The maximum atomic E-state index is 5.66. The van der Waals surface area contributed by atoms with E-state index < -0.39 is 0 Å². The van der Waals surface area contributed by atoms with Crippen molar-refractivity contribution in [3.8, 4) is 0 Å². The van der Waals surface area contributed by atoms with Crippen LogP contribution < -0.4 is 5.32 Å². The second-order valence-electron chi connectivity index (χ2n) is 4.67. The summed E-state index contributed by atoms with van der Waals surface area (Å²) in [5, 5.41) is 5.97. The molecular formula is C12H17NOS. The Kier molecular flexibility index (Phi) is 2.34. The monoisotopic (exact) mass is 223 g/mol. The minimum absolute atomic E-state index is 0.236. The molecule has 0 aromatic carbocycles. The lowest BCUT2D eigenvalue weighted by Crippen LogP contribution is -2.51. The normalized spacial score (nSPS) is 35.4. The van der Waals surface area contributed by atoms with Crippen molar-refractivity contribution < 1.29 is 4.74 Å². The first-order valence-corrected chi connectivity index (χ1v) is 6.62. The highest BCUT2D eigenvalue weighted by molar-refractivity contribution is 7.10. The number of hydrogen-bond donors (Lipinski definition) is 1. The fraction of sp³-hybridized carbons (Fsp3) is 0.667. The first-order valence-electron chi connectivity index (χ1n) is 5.74. The standard InChI is InChI=1S/C12H17NOS/c1-9-8-12(4-6-14-9)11-10(2-5-13-12)3-7-15-11/h3,7,9,13H,2,4-6,8H2,1H3. The highest BCUT2D eigenvalue weighted by Crippen LogP contribution is 2.41. The van der Waals surface area contributed by atoms with Crippen LogP contribution in [0.3, 0.4) is 0 Å². The summed E-state index contributed by atoms with van der Waals surface area (Å²) >= 11 is 1.91. The molecule has 3 heteroatoms. The van der Waals surface area contributed by atoms with Crippen molar-refractivity contribution in [3.63, 3.8) is 0 Å². The van der Waals surface area contributed by atoms with Gasteiger partial charge in [0.1, 0.15) is 0 Å². The van der Waals surface area contributed by atoms with E-state index in [-0.39, 0.29) is 5.54 Å². The summed E-state index contributed by atoms with van der Waals surface area (Å²) in [6.07, 6.45) is 3.83. The Morgan fingerprint density at radius 2 is 2.53 bits per heavy atom. The molecule has 1 spiro atoms. The van der Waals surface area contributed by atoms with Crippen LogP contribution in [-0.4, -0.2) is 19.3 Å². The zero-order valence-electron chi connectivity index (χ0n) is 9.08. The van der Waals surface area contributed by atoms with Crippen molar-refractivity contribution in [1.82, 2.24) is 5.32 Å². The Balaban J connectivity index is 1.99. The Hall–Kier alpha value is -0.380. The predicted octanol–water partition coefficient (Wildman–Crippen LogP) is 2.29. The van der Waals surface area contributed by atoms with E-state index in [2.05, 4.69) is 23.7 Å². The molecule has 3 rings (SSSR count). The molecule has 0 bridgehead atoms. The lowest BCUT2D eigenvalue weighted by Gasteiger charge is -2.43. The fourth-order valence-electron chi connectivity index (χ4n) is 2.92. The van der Waals surface area contributed by atoms with Crippen molar-refractivity contribution in [2.75, 3.05) is 13.2 Å². The topological polar surface area (TPSA) is 21.3 Å². The van der Waals surface area contributed by atoms with E-state index in [1.165, 1.54) is 6.42 Å². The SMILES string of the molecule is CC1CC2(CCO1)NCCc1ccsc12. The maximum absolute atomic E-state index is 5.66. The largest absolute Gasteiger partial charge is 0.378 e. The molecule has 2 aliphatic heterocycles. The summed E-state index contributed by atoms with van der Waals surface area (Å²) in [4.78, 5) is 1.57. The molecule has 1 aromatic heterocycles. The molecule has 2 aliphatic rings. The van der Waals surface area contributed by atoms with Crippen LogP contribution in [0.4, 0.5) is 0 Å². The van der Waals surface area contributed by atoms with Crippen molar-refractivity contribution in [2.24, 2.45) is 0 Å². The second-order valence-corrected chi connectivity index (χ2v) is 5.59. The Bertz CT molecular complexity index is 362. The fourth-order valence-corrected chi connectivity index (χ4v) is 4.10. The van der Waals surface area contributed by atoms with Gasteiger partial charge in [-0.2, -0.15) is 0 Å². The molecule has 15 heavy (non-hydrogen) atoms. The molecule has 0 aliphatic carbocycles. The lowest BCUT2D eigenvalue weighted by atomic mass is 9.81. The van der Waals surface area contributed by atoms with Crippen LogP contribution in [0.2, 0.25) is 0 Å². The Labute approximate surface area is 94.6 Å². The zero-order valence-corrected chi connectivity index (χ0v) is 9.90. The summed E-state index contributed by atoms with van der Waals surface area (Å²) < 4.78 is 5.66. The Morgan fingerprint density at radius 3 is 3.40 bits per heavy atom. The van der Waals surface area contributed by atoms with E-state index in [0.717, 1.165) is 26.0 Å². The highest BCUT2D eigenvalue weighted by Gasteiger charge is 2.40. The van der Waals surface area contributed by atoms with E-state index in [0.29, 0.717) is 6.10 Å². The molecule has 82 valence electrons. The van der Waals surface area contributed by atoms with Gasteiger partial charge in [-0.05, 0) is 43.2 Å². The average molecular weight is 223 g/mol. The van der Waals surface area contributed by atoms with E-state index in [9.17, 15) is 0 Å². The quantitative estimate of drug-likeness (QED) is 0.728. The molecule has 2 atom stereocenters. The molecule has 1 saturated heterocycles. The second kappa shape index (κ2) is 3.58. The molecule has 0 amide bonds. The number of ether oxygens (including phenoxy) is 1. The van der Waals surface area contributed by atoms with E-state index in [1.54, 1.807) is 10.4 Å². The van der Waals surface area contributed by atoms with Crippen LogP contribution in [0, 0.1) is 0 Å². The van der Waals surface area contributed by atoms with Crippen molar-refractivity contribution >= 4 is 11.3 Å². The smallest absolute Gasteiger partial charge is 0.0578 e. The van der Waals surface area contributed by atoms with Gasteiger partial charge in [0.15, 0.2) is 0 Å². The third kappa shape index (κ3) is 1.53. The van der Waals surface area contributed by atoms with Gasteiger partial charge in [0, 0.05) is 18.0 Å². The van der Waals surface area contributed by atoms with Gasteiger partial charge in [-0.15, -0.1) is 11.3 Å². The third-order valence-electron chi connectivity index (χ3n) is 3.61. The van der Waals surface area contributed by atoms with Gasteiger partial charge >= 0.3 is 0 Å². The van der Waals surface area contributed by atoms with Gasteiger partial charge in [0.25, 0.3) is 0 Å². The summed E-state index contributed by atoms with van der Waals surface area (Å²) in [6, 6.07) is 2.29. The molecule has 0 saturated carbocycles. The molecule has 1 aromatic rings. The van der Waals surface area contributed by atoms with Gasteiger partial charge in [0.05, 0.1) is 11.6 Å². The highest BCUT2D eigenvalue weighted by atomic mass is 32.1. The Morgan fingerprint density at radius 1 is 1.60 bits per heavy atom. The van der Waals surface area contributed by atoms with E-state index >= 15 is 0 Å². The average Bonchev–Trinajstić information content (AvgIpc) is 2.67. The van der Waals surface area contributed by atoms with Gasteiger partial charge < -0.3 is 10.1 Å². The van der Waals surface area contributed by atoms with Crippen LogP contribution in [0.25, 0.3) is 0 Å². The molecule has 1 N–H and O–H groups in total. The first kappa shape index (κ1) is 9.82. The minimum Gasteiger partial charge on any atom is -0.378 e. The predicted molar refractivity (Wildman–Crippen MR) is 62.4 cm³/mol. The number of fused-ring (bicyclic) bond motifs is 2. The first-order chi connectivity index (χ1) is 7.30. The molecule has 0 radical (unpaired) electrons. The van der Waals surface area contributed by atoms with Crippen LogP contribution in [0.5, 0.6) is 0 Å². The van der Waals surface area contributed by atoms with Crippen LogP contribution in [-0.2, 0) is 16.7 Å². The number of hydrogen-bond acceptors (Lipinski definition) is 3. The van der Waals surface area contributed by atoms with E-state index in [1.807, 2.05) is 11.3 Å². The maximum Gasteiger partial charge on any atom is 0.0578 e.